The van der Waals surface area contributed by atoms with Gasteiger partial charge in [-0.15, -0.1) is 10.2 Å². The van der Waals surface area contributed by atoms with Crippen molar-refractivity contribution in [1.29, 1.82) is 0 Å². The molecule has 0 saturated heterocycles. The van der Waals surface area contributed by atoms with Crippen molar-refractivity contribution >= 4 is 17.7 Å². The molecule has 18 heavy (non-hydrogen) atoms. The average molecular weight is 267 g/mol. The molecular weight excluding hydrogens is 254 g/mol. The fourth-order valence-corrected chi connectivity index (χ4v) is 2.18. The zero-order valence-electron chi connectivity index (χ0n) is 9.85. The summed E-state index contributed by atoms with van der Waals surface area (Å²) in [6.45, 7) is 3.35. The Morgan fingerprint density at radius 3 is 3.06 bits per heavy atom. The Labute approximate surface area is 108 Å². The zero-order chi connectivity index (χ0) is 13.0. The first-order valence-electron chi connectivity index (χ1n) is 5.43. The Kier molecular flexibility index (Phi) is 3.98. The maximum atomic E-state index is 10.5. The third-order valence-electron chi connectivity index (χ3n) is 2.35. The van der Waals surface area contributed by atoms with E-state index >= 15 is 0 Å². The topological polar surface area (TPSA) is 85.8 Å². The molecule has 0 aliphatic rings. The minimum absolute atomic E-state index is 0.00250. The second-order valence-corrected chi connectivity index (χ2v) is 4.50. The summed E-state index contributed by atoms with van der Waals surface area (Å²) < 4.78 is 3.80. The maximum absolute atomic E-state index is 10.5. The van der Waals surface area contributed by atoms with Gasteiger partial charge >= 0.3 is 5.97 Å². The fraction of sp³-hybridized carbons (Fsp3) is 0.400. The van der Waals surface area contributed by atoms with Crippen LogP contribution in [0.25, 0.3) is 0 Å². The van der Waals surface area contributed by atoms with E-state index in [1.807, 2.05) is 16.1 Å². The van der Waals surface area contributed by atoms with Crippen LogP contribution >= 0.6 is 11.8 Å². The summed E-state index contributed by atoms with van der Waals surface area (Å²) in [7, 11) is 0. The number of thioether (sulfide) groups is 1. The van der Waals surface area contributed by atoms with Crippen LogP contribution in [0.1, 0.15) is 12.7 Å². The standard InChI is InChI=1S/C10H13N5O2S/c1-2-14-7-12-13-8(14)5-15-4-3-11-10(15)18-6-9(16)17/h3-4,7H,2,5-6H2,1H3,(H,16,17). The summed E-state index contributed by atoms with van der Waals surface area (Å²) in [4.78, 5) is 14.7. The highest BCUT2D eigenvalue weighted by Gasteiger charge is 2.09. The fourth-order valence-electron chi connectivity index (χ4n) is 1.50. The normalized spacial score (nSPS) is 10.7. The first kappa shape index (κ1) is 12.6. The lowest BCUT2D eigenvalue weighted by molar-refractivity contribution is -0.133. The van der Waals surface area contributed by atoms with Crippen LogP contribution in [0.3, 0.4) is 0 Å². The van der Waals surface area contributed by atoms with Gasteiger partial charge < -0.3 is 14.2 Å². The van der Waals surface area contributed by atoms with E-state index < -0.39 is 5.97 Å². The van der Waals surface area contributed by atoms with Crippen molar-refractivity contribution in [2.75, 3.05) is 5.75 Å². The van der Waals surface area contributed by atoms with E-state index in [0.717, 1.165) is 12.4 Å². The quantitative estimate of drug-likeness (QED) is 0.776. The van der Waals surface area contributed by atoms with Crippen molar-refractivity contribution in [2.45, 2.75) is 25.2 Å². The predicted molar refractivity (Wildman–Crippen MR) is 65.4 cm³/mol. The average Bonchev–Trinajstić information content (AvgIpc) is 2.96. The molecule has 2 aromatic heterocycles. The van der Waals surface area contributed by atoms with Crippen molar-refractivity contribution in [3.8, 4) is 0 Å². The summed E-state index contributed by atoms with van der Waals surface area (Å²) in [6, 6.07) is 0. The second-order valence-electron chi connectivity index (χ2n) is 3.55. The van der Waals surface area contributed by atoms with Gasteiger partial charge in [-0.25, -0.2) is 4.98 Å². The number of rotatable bonds is 6. The SMILES string of the molecule is CCn1cnnc1Cn1ccnc1SCC(=O)O. The first-order valence-corrected chi connectivity index (χ1v) is 6.41. The zero-order valence-corrected chi connectivity index (χ0v) is 10.7. The van der Waals surface area contributed by atoms with Gasteiger partial charge in [-0.3, -0.25) is 4.79 Å². The predicted octanol–water partition coefficient (Wildman–Crippen LogP) is 0.720. The van der Waals surface area contributed by atoms with Crippen LogP contribution in [0.5, 0.6) is 0 Å². The lowest BCUT2D eigenvalue weighted by Gasteiger charge is -2.07. The molecule has 96 valence electrons. The van der Waals surface area contributed by atoms with Gasteiger partial charge in [0, 0.05) is 18.9 Å². The highest BCUT2D eigenvalue weighted by atomic mass is 32.2. The molecule has 0 atom stereocenters. The molecule has 0 amide bonds. The van der Waals surface area contributed by atoms with E-state index in [-0.39, 0.29) is 5.75 Å². The van der Waals surface area contributed by atoms with Crippen molar-refractivity contribution in [3.05, 3.63) is 24.5 Å². The summed E-state index contributed by atoms with van der Waals surface area (Å²) >= 11 is 1.19. The number of hydrogen-bond donors (Lipinski definition) is 1. The van der Waals surface area contributed by atoms with Gasteiger partial charge in [-0.05, 0) is 6.92 Å². The number of nitrogens with zero attached hydrogens (tertiary/aromatic N) is 5. The van der Waals surface area contributed by atoms with Crippen LogP contribution in [0.15, 0.2) is 23.9 Å². The summed E-state index contributed by atoms with van der Waals surface area (Å²) in [5, 5.41) is 17.2. The smallest absolute Gasteiger partial charge is 0.313 e. The van der Waals surface area contributed by atoms with Crippen LogP contribution in [0, 0.1) is 0 Å². The van der Waals surface area contributed by atoms with Crippen LogP contribution in [0.2, 0.25) is 0 Å². The maximum Gasteiger partial charge on any atom is 0.313 e. The van der Waals surface area contributed by atoms with E-state index in [1.54, 1.807) is 18.7 Å². The van der Waals surface area contributed by atoms with Crippen molar-refractivity contribution in [1.82, 2.24) is 24.3 Å². The Balaban J connectivity index is 2.10. The molecule has 0 spiro atoms. The van der Waals surface area contributed by atoms with E-state index in [9.17, 15) is 4.79 Å². The molecule has 8 heteroatoms. The Morgan fingerprint density at radius 2 is 2.33 bits per heavy atom. The number of carbonyl (C=O) groups is 1. The van der Waals surface area contributed by atoms with Gasteiger partial charge in [0.25, 0.3) is 0 Å². The van der Waals surface area contributed by atoms with Gasteiger partial charge in [0.1, 0.15) is 6.33 Å². The van der Waals surface area contributed by atoms with Gasteiger partial charge in [-0.2, -0.15) is 0 Å². The molecule has 0 unspecified atom stereocenters. The van der Waals surface area contributed by atoms with E-state index in [4.69, 9.17) is 5.11 Å². The van der Waals surface area contributed by atoms with Gasteiger partial charge in [0.05, 0.1) is 12.3 Å². The molecule has 0 bridgehead atoms. The van der Waals surface area contributed by atoms with Gasteiger partial charge in [0.2, 0.25) is 0 Å². The van der Waals surface area contributed by atoms with Crippen LogP contribution in [0.4, 0.5) is 0 Å². The van der Waals surface area contributed by atoms with Crippen molar-refractivity contribution in [3.63, 3.8) is 0 Å². The molecule has 2 rings (SSSR count). The molecular formula is C10H13N5O2S. The van der Waals surface area contributed by atoms with E-state index in [2.05, 4.69) is 15.2 Å². The number of imidazole rings is 1. The summed E-state index contributed by atoms with van der Waals surface area (Å²) in [5.74, 6) is -0.0312. The van der Waals surface area contributed by atoms with Crippen molar-refractivity contribution < 1.29 is 9.90 Å². The molecule has 2 heterocycles. The number of carboxylic acid groups (broad SMARTS) is 1. The Hall–Kier alpha value is -1.83. The second kappa shape index (κ2) is 5.67. The number of aryl methyl sites for hydroxylation is 1. The van der Waals surface area contributed by atoms with Crippen LogP contribution in [-0.4, -0.2) is 41.1 Å². The largest absolute Gasteiger partial charge is 0.481 e. The molecule has 0 aromatic carbocycles. The molecule has 0 radical (unpaired) electrons. The number of carboxylic acids is 1. The lowest BCUT2D eigenvalue weighted by Crippen LogP contribution is -2.08. The lowest BCUT2D eigenvalue weighted by atomic mass is 10.5. The van der Waals surface area contributed by atoms with E-state index in [0.29, 0.717) is 11.7 Å². The Bertz CT molecular complexity index is 536. The molecule has 0 fully saturated rings. The molecule has 1 N–H and O–H groups in total. The van der Waals surface area contributed by atoms with Crippen molar-refractivity contribution in [2.24, 2.45) is 0 Å². The minimum Gasteiger partial charge on any atom is -0.481 e. The monoisotopic (exact) mass is 267 g/mol. The highest BCUT2D eigenvalue weighted by molar-refractivity contribution is 7.99. The molecule has 0 aliphatic carbocycles. The van der Waals surface area contributed by atoms with E-state index in [1.165, 1.54) is 11.8 Å². The number of hydrogen-bond acceptors (Lipinski definition) is 5. The summed E-state index contributed by atoms with van der Waals surface area (Å²) in [5.41, 5.74) is 0. The van der Waals surface area contributed by atoms with Crippen LogP contribution < -0.4 is 0 Å². The number of aromatic nitrogens is 5. The first-order chi connectivity index (χ1) is 8.70. The van der Waals surface area contributed by atoms with Gasteiger partial charge in [-0.1, -0.05) is 11.8 Å². The Morgan fingerprint density at radius 1 is 1.50 bits per heavy atom. The molecule has 0 saturated carbocycles. The number of aliphatic carboxylic acids is 1. The molecule has 2 aromatic rings. The highest BCUT2D eigenvalue weighted by Crippen LogP contribution is 2.16. The van der Waals surface area contributed by atoms with Crippen LogP contribution in [-0.2, 0) is 17.9 Å². The summed E-state index contributed by atoms with van der Waals surface area (Å²) in [6.07, 6.45) is 5.13. The third kappa shape index (κ3) is 2.89. The molecule has 0 aliphatic heterocycles. The molecule has 7 nitrogen and oxygen atoms in total. The minimum atomic E-state index is -0.855. The van der Waals surface area contributed by atoms with Gasteiger partial charge in [0.15, 0.2) is 11.0 Å². The third-order valence-corrected chi connectivity index (χ3v) is 3.34.